The largest absolute Gasteiger partial charge is 0.459 e. The molecule has 3 amide bonds. The number of nitrogens with zero attached hydrogens (tertiary/aromatic N) is 2. The van der Waals surface area contributed by atoms with Crippen molar-refractivity contribution in [2.45, 2.75) is 43.6 Å². The molecule has 0 radical (unpaired) electrons. The Labute approximate surface area is 213 Å². The van der Waals surface area contributed by atoms with Crippen molar-refractivity contribution in [1.29, 1.82) is 0 Å². The molecular formula is C26H29N3O8. The van der Waals surface area contributed by atoms with Crippen LogP contribution in [-0.4, -0.2) is 85.0 Å². The van der Waals surface area contributed by atoms with Gasteiger partial charge in [0.25, 0.3) is 11.8 Å². The number of furan rings is 1. The molecule has 3 saturated heterocycles. The number of hydrogen-bond donors (Lipinski definition) is 1. The quantitative estimate of drug-likeness (QED) is 0.645. The van der Waals surface area contributed by atoms with Gasteiger partial charge in [-0.25, -0.2) is 0 Å². The fourth-order valence-corrected chi connectivity index (χ4v) is 5.49. The Morgan fingerprint density at radius 2 is 1.89 bits per heavy atom. The molecule has 0 bridgehead atoms. The summed E-state index contributed by atoms with van der Waals surface area (Å²) in [5, 5.41) is 2.93. The second-order valence-electron chi connectivity index (χ2n) is 9.67. The van der Waals surface area contributed by atoms with Gasteiger partial charge in [-0.15, -0.1) is 0 Å². The van der Waals surface area contributed by atoms with Crippen LogP contribution >= 0.6 is 0 Å². The van der Waals surface area contributed by atoms with Crippen LogP contribution in [0, 0.1) is 0 Å². The molecule has 1 spiro atoms. The van der Waals surface area contributed by atoms with E-state index in [2.05, 4.69) is 5.32 Å². The van der Waals surface area contributed by atoms with Gasteiger partial charge in [-0.05, 0) is 43.2 Å². The summed E-state index contributed by atoms with van der Waals surface area (Å²) in [5.74, 6) is 0.470. The predicted octanol–water partition coefficient (Wildman–Crippen LogP) is 1.78. The average Bonchev–Trinajstić information content (AvgIpc) is 3.74. The van der Waals surface area contributed by atoms with Crippen LogP contribution in [0.25, 0.3) is 0 Å². The molecule has 4 aliphatic heterocycles. The summed E-state index contributed by atoms with van der Waals surface area (Å²) in [6.07, 6.45) is 4.01. The van der Waals surface area contributed by atoms with E-state index >= 15 is 0 Å². The lowest BCUT2D eigenvalue weighted by Crippen LogP contribution is -2.60. The number of ether oxygens (including phenoxy) is 4. The van der Waals surface area contributed by atoms with Crippen molar-refractivity contribution in [2.75, 3.05) is 39.6 Å². The molecule has 2 atom stereocenters. The molecule has 1 aromatic heterocycles. The van der Waals surface area contributed by atoms with Crippen LogP contribution in [0.2, 0.25) is 0 Å². The van der Waals surface area contributed by atoms with Crippen molar-refractivity contribution in [2.24, 2.45) is 0 Å². The second-order valence-corrected chi connectivity index (χ2v) is 9.67. The number of carbonyl (C=O) groups is 3. The first kappa shape index (κ1) is 23.8. The highest BCUT2D eigenvalue weighted by atomic mass is 16.7. The summed E-state index contributed by atoms with van der Waals surface area (Å²) in [6.45, 7) is 2.01. The lowest BCUT2D eigenvalue weighted by Gasteiger charge is -2.44. The maximum absolute atomic E-state index is 13.5. The molecule has 0 saturated carbocycles. The van der Waals surface area contributed by atoms with Gasteiger partial charge in [0, 0.05) is 44.6 Å². The van der Waals surface area contributed by atoms with E-state index in [1.54, 1.807) is 35.2 Å². The molecule has 1 aromatic carbocycles. The third-order valence-corrected chi connectivity index (χ3v) is 7.49. The predicted molar refractivity (Wildman–Crippen MR) is 127 cm³/mol. The van der Waals surface area contributed by atoms with Gasteiger partial charge < -0.3 is 33.6 Å². The van der Waals surface area contributed by atoms with Crippen LogP contribution in [0.3, 0.4) is 0 Å². The molecule has 0 unspecified atom stereocenters. The zero-order valence-corrected chi connectivity index (χ0v) is 20.4. The highest BCUT2D eigenvalue weighted by Crippen LogP contribution is 2.39. The number of hydrogen-bond acceptors (Lipinski definition) is 8. The zero-order chi connectivity index (χ0) is 25.4. The molecule has 1 N–H and O–H groups in total. The van der Waals surface area contributed by atoms with Gasteiger partial charge in [0.1, 0.15) is 11.8 Å². The topological polar surface area (TPSA) is 120 Å². The molecule has 5 heterocycles. The van der Waals surface area contributed by atoms with Crippen LogP contribution in [0.15, 0.2) is 41.0 Å². The van der Waals surface area contributed by atoms with Crippen LogP contribution < -0.4 is 14.8 Å². The van der Waals surface area contributed by atoms with Crippen LogP contribution in [-0.2, 0) is 14.3 Å². The maximum Gasteiger partial charge on any atom is 0.292 e. The molecule has 3 fully saturated rings. The number of carbonyl (C=O) groups excluding carboxylic acids is 3. The van der Waals surface area contributed by atoms with Gasteiger partial charge in [0.15, 0.2) is 17.3 Å². The first-order chi connectivity index (χ1) is 18.0. The number of rotatable bonds is 5. The third-order valence-electron chi connectivity index (χ3n) is 7.49. The normalized spacial score (nSPS) is 24.0. The van der Waals surface area contributed by atoms with E-state index < -0.39 is 17.7 Å². The summed E-state index contributed by atoms with van der Waals surface area (Å²) in [7, 11) is 0. The smallest absolute Gasteiger partial charge is 0.292 e. The third kappa shape index (κ3) is 4.42. The molecule has 4 aliphatic rings. The second kappa shape index (κ2) is 9.71. The number of piperidine rings is 1. The Kier molecular flexibility index (Phi) is 6.25. The van der Waals surface area contributed by atoms with E-state index in [4.69, 9.17) is 23.4 Å². The van der Waals surface area contributed by atoms with E-state index in [0.717, 1.165) is 12.8 Å². The molecule has 37 heavy (non-hydrogen) atoms. The molecule has 2 aromatic rings. The Hall–Kier alpha value is -3.57. The highest BCUT2D eigenvalue weighted by Gasteiger charge is 2.54. The summed E-state index contributed by atoms with van der Waals surface area (Å²) in [6, 6.07) is 7.53. The number of fused-ring (bicyclic) bond motifs is 1. The van der Waals surface area contributed by atoms with Crippen molar-refractivity contribution in [3.05, 3.63) is 47.9 Å². The summed E-state index contributed by atoms with van der Waals surface area (Å²) in [5.41, 5.74) is -0.510. The van der Waals surface area contributed by atoms with Crippen molar-refractivity contribution < 1.29 is 37.7 Å². The molecule has 11 heteroatoms. The van der Waals surface area contributed by atoms with Crippen LogP contribution in [0.4, 0.5) is 0 Å². The van der Waals surface area contributed by atoms with Gasteiger partial charge >= 0.3 is 0 Å². The molecule has 0 aliphatic carbocycles. The van der Waals surface area contributed by atoms with Crippen LogP contribution in [0.1, 0.15) is 46.6 Å². The summed E-state index contributed by atoms with van der Waals surface area (Å²) in [4.78, 5) is 43.2. The monoisotopic (exact) mass is 511 g/mol. The molecule has 6 rings (SSSR count). The minimum absolute atomic E-state index is 0.0140. The van der Waals surface area contributed by atoms with E-state index in [9.17, 15) is 14.4 Å². The standard InChI is InChI=1S/C26H29N3O8/c30-23(27-14-18-3-1-11-33-18)19-15-37-26(29(19)25(32)21-4-2-12-34-21)7-9-28(10-8-26)24(31)17-5-6-20-22(13-17)36-16-35-20/h2,4-6,12-13,18-19H,1,3,7-11,14-16H2,(H,27,30)/t18-,19-/m1/s1. The fourth-order valence-electron chi connectivity index (χ4n) is 5.49. The van der Waals surface area contributed by atoms with E-state index in [-0.39, 0.29) is 37.1 Å². The minimum atomic E-state index is -1.01. The summed E-state index contributed by atoms with van der Waals surface area (Å²) < 4.78 is 27.9. The fraction of sp³-hybridized carbons (Fsp3) is 0.500. The summed E-state index contributed by atoms with van der Waals surface area (Å²) >= 11 is 0. The lowest BCUT2D eigenvalue weighted by atomic mass is 9.96. The first-order valence-electron chi connectivity index (χ1n) is 12.6. The number of benzene rings is 1. The van der Waals surface area contributed by atoms with Gasteiger partial charge in [-0.2, -0.15) is 0 Å². The SMILES string of the molecule is O=C(NC[C@H]1CCCO1)[C@H]1COC2(CCN(C(=O)c3ccc4c(c3)OCO4)CC2)N1C(=O)c1ccco1. The number of nitrogens with one attached hydrogen (secondary N) is 1. The van der Waals surface area contributed by atoms with Crippen LogP contribution in [0.5, 0.6) is 11.5 Å². The van der Waals surface area contributed by atoms with Crippen molar-refractivity contribution in [1.82, 2.24) is 15.1 Å². The number of amides is 3. The van der Waals surface area contributed by atoms with Gasteiger partial charge in [-0.3, -0.25) is 19.3 Å². The Balaban J connectivity index is 1.17. The molecule has 196 valence electrons. The van der Waals surface area contributed by atoms with Gasteiger partial charge in [0.2, 0.25) is 12.7 Å². The molecular weight excluding hydrogens is 482 g/mol. The maximum atomic E-state index is 13.5. The lowest BCUT2D eigenvalue weighted by molar-refractivity contribution is -0.128. The number of likely N-dealkylation sites (tertiary alicyclic amines) is 1. The Morgan fingerprint density at radius 1 is 1.05 bits per heavy atom. The van der Waals surface area contributed by atoms with E-state index in [1.807, 2.05) is 0 Å². The van der Waals surface area contributed by atoms with E-state index in [1.165, 1.54) is 11.2 Å². The van der Waals surface area contributed by atoms with Crippen molar-refractivity contribution in [3.63, 3.8) is 0 Å². The van der Waals surface area contributed by atoms with Gasteiger partial charge in [-0.1, -0.05) is 0 Å². The Morgan fingerprint density at radius 3 is 2.65 bits per heavy atom. The highest BCUT2D eigenvalue weighted by molar-refractivity contribution is 5.97. The first-order valence-corrected chi connectivity index (χ1v) is 12.6. The van der Waals surface area contributed by atoms with Crippen molar-refractivity contribution >= 4 is 17.7 Å². The average molecular weight is 512 g/mol. The van der Waals surface area contributed by atoms with Gasteiger partial charge in [0.05, 0.1) is 19.0 Å². The minimum Gasteiger partial charge on any atom is -0.459 e. The Bertz CT molecular complexity index is 1170. The van der Waals surface area contributed by atoms with Crippen molar-refractivity contribution in [3.8, 4) is 11.5 Å². The molecule has 11 nitrogen and oxygen atoms in total. The zero-order valence-electron chi connectivity index (χ0n) is 20.4. The van der Waals surface area contributed by atoms with E-state index in [0.29, 0.717) is 56.1 Å².